The molecule has 0 aromatic heterocycles. The van der Waals surface area contributed by atoms with Crippen LogP contribution in [0.15, 0.2) is 60.7 Å². The van der Waals surface area contributed by atoms with Gasteiger partial charge in [-0.25, -0.2) is 0 Å². The summed E-state index contributed by atoms with van der Waals surface area (Å²) in [7, 11) is -2.68. The van der Waals surface area contributed by atoms with E-state index in [1.807, 2.05) is 43.3 Å². The molecule has 0 saturated carbocycles. The third-order valence-electron chi connectivity index (χ3n) is 3.11. The van der Waals surface area contributed by atoms with Crippen molar-refractivity contribution in [2.45, 2.75) is 33.3 Å². The van der Waals surface area contributed by atoms with Crippen LogP contribution in [-0.4, -0.2) is 20.8 Å². The molecule has 0 aliphatic rings. The molecule has 0 spiro atoms. The van der Waals surface area contributed by atoms with Gasteiger partial charge in [-0.1, -0.05) is 60.7 Å². The lowest BCUT2D eigenvalue weighted by Gasteiger charge is -2.37. The first-order chi connectivity index (χ1) is 9.98. The molecule has 0 aliphatic carbocycles. The van der Waals surface area contributed by atoms with Gasteiger partial charge in [-0.3, -0.25) is 0 Å². The Labute approximate surface area is 129 Å². The highest BCUT2D eigenvalue weighted by atomic mass is 28.4. The maximum Gasteiger partial charge on any atom is 0.407 e. The highest BCUT2D eigenvalue weighted by Gasteiger charge is 2.45. The van der Waals surface area contributed by atoms with E-state index in [1.165, 1.54) is 0 Å². The maximum absolute atomic E-state index is 6.55. The minimum absolute atomic E-state index is 0.271. The van der Waals surface area contributed by atoms with Gasteiger partial charge in [0, 0.05) is 6.61 Å². The van der Waals surface area contributed by atoms with E-state index in [1.54, 1.807) is 0 Å². The first-order valence-corrected chi connectivity index (χ1v) is 9.25. The standard InChI is InChI=1S/C18H24O2Si/c1-5-19-21(20-18(2,3)4,16-12-8-6-9-13-16)17-14-10-7-11-15-17/h6-15H,5H2,1-4H3. The van der Waals surface area contributed by atoms with Gasteiger partial charge in [-0.2, -0.15) is 0 Å². The van der Waals surface area contributed by atoms with Crippen LogP contribution < -0.4 is 10.4 Å². The molecule has 0 saturated heterocycles. The van der Waals surface area contributed by atoms with Crippen LogP contribution in [-0.2, 0) is 8.85 Å². The highest BCUT2D eigenvalue weighted by Crippen LogP contribution is 2.18. The smallest absolute Gasteiger partial charge is 0.388 e. The Hall–Kier alpha value is -1.42. The second-order valence-corrected chi connectivity index (χ2v) is 8.88. The first-order valence-electron chi connectivity index (χ1n) is 7.43. The molecule has 2 aromatic rings. The topological polar surface area (TPSA) is 18.5 Å². The summed E-state index contributed by atoms with van der Waals surface area (Å²) < 4.78 is 12.8. The number of benzene rings is 2. The van der Waals surface area contributed by atoms with Gasteiger partial charge in [0.1, 0.15) is 0 Å². The molecule has 21 heavy (non-hydrogen) atoms. The molecule has 0 atom stereocenters. The van der Waals surface area contributed by atoms with Crippen LogP contribution in [0.25, 0.3) is 0 Å². The zero-order valence-electron chi connectivity index (χ0n) is 13.3. The summed E-state index contributed by atoms with van der Waals surface area (Å²) in [5, 5.41) is 2.29. The summed E-state index contributed by atoms with van der Waals surface area (Å²) in [5.41, 5.74) is -0.271. The molecule has 2 aromatic carbocycles. The molecular formula is C18H24O2Si. The van der Waals surface area contributed by atoms with E-state index in [2.05, 4.69) is 45.0 Å². The van der Waals surface area contributed by atoms with Gasteiger partial charge in [0.05, 0.1) is 5.60 Å². The Morgan fingerprint density at radius 3 is 1.57 bits per heavy atom. The maximum atomic E-state index is 6.55. The predicted molar refractivity (Wildman–Crippen MR) is 90.4 cm³/mol. The molecule has 2 rings (SSSR count). The Bertz CT molecular complexity index is 507. The van der Waals surface area contributed by atoms with Gasteiger partial charge in [-0.05, 0) is 38.1 Å². The van der Waals surface area contributed by atoms with Crippen molar-refractivity contribution in [2.24, 2.45) is 0 Å². The molecule has 2 nitrogen and oxygen atoms in total. The lowest BCUT2D eigenvalue weighted by Crippen LogP contribution is -2.65. The molecule has 3 heteroatoms. The zero-order chi connectivity index (χ0) is 15.3. The van der Waals surface area contributed by atoms with Crippen molar-refractivity contribution in [1.82, 2.24) is 0 Å². The second kappa shape index (κ2) is 6.56. The fraction of sp³-hybridized carbons (Fsp3) is 0.333. The number of hydrogen-bond acceptors (Lipinski definition) is 2. The summed E-state index contributed by atoms with van der Waals surface area (Å²) in [4.78, 5) is 0. The van der Waals surface area contributed by atoms with Crippen molar-refractivity contribution < 1.29 is 8.85 Å². The number of rotatable bonds is 5. The summed E-state index contributed by atoms with van der Waals surface area (Å²) >= 11 is 0. The summed E-state index contributed by atoms with van der Waals surface area (Å²) in [6.07, 6.45) is 0. The minimum atomic E-state index is -2.68. The third-order valence-corrected chi connectivity index (χ3v) is 6.89. The average molecular weight is 300 g/mol. The molecule has 0 N–H and O–H groups in total. The van der Waals surface area contributed by atoms with E-state index in [0.29, 0.717) is 6.61 Å². The molecule has 0 heterocycles. The van der Waals surface area contributed by atoms with E-state index in [0.717, 1.165) is 10.4 Å². The van der Waals surface area contributed by atoms with Crippen LogP contribution in [0.2, 0.25) is 0 Å². The fourth-order valence-corrected chi connectivity index (χ4v) is 5.92. The van der Waals surface area contributed by atoms with E-state index in [4.69, 9.17) is 8.85 Å². The van der Waals surface area contributed by atoms with E-state index in [9.17, 15) is 0 Å². The molecule has 112 valence electrons. The van der Waals surface area contributed by atoms with Gasteiger partial charge in [-0.15, -0.1) is 0 Å². The lowest BCUT2D eigenvalue weighted by molar-refractivity contribution is 0.0802. The van der Waals surface area contributed by atoms with Crippen molar-refractivity contribution in [2.75, 3.05) is 6.61 Å². The molecule has 0 unspecified atom stereocenters. The summed E-state index contributed by atoms with van der Waals surface area (Å²) in [6.45, 7) is 8.91. The third kappa shape index (κ3) is 3.82. The van der Waals surface area contributed by atoms with E-state index in [-0.39, 0.29) is 5.60 Å². The molecular weight excluding hydrogens is 276 g/mol. The van der Waals surface area contributed by atoms with Crippen LogP contribution in [0.1, 0.15) is 27.7 Å². The lowest BCUT2D eigenvalue weighted by atomic mass is 10.2. The fourth-order valence-electron chi connectivity index (χ4n) is 2.43. The van der Waals surface area contributed by atoms with Crippen LogP contribution in [0.5, 0.6) is 0 Å². The summed E-state index contributed by atoms with van der Waals surface area (Å²) in [5.74, 6) is 0. The van der Waals surface area contributed by atoms with E-state index < -0.39 is 8.56 Å². The van der Waals surface area contributed by atoms with Crippen LogP contribution in [0.4, 0.5) is 0 Å². The monoisotopic (exact) mass is 300 g/mol. The SMILES string of the molecule is CCO[Si](OC(C)(C)C)(c1ccccc1)c1ccccc1. The van der Waals surface area contributed by atoms with Crippen molar-refractivity contribution in [1.29, 1.82) is 0 Å². The molecule has 0 radical (unpaired) electrons. The van der Waals surface area contributed by atoms with Crippen molar-refractivity contribution in [3.63, 3.8) is 0 Å². The van der Waals surface area contributed by atoms with Gasteiger partial charge in [0.25, 0.3) is 0 Å². The molecule has 0 fully saturated rings. The second-order valence-electron chi connectivity index (χ2n) is 6.00. The summed E-state index contributed by atoms with van der Waals surface area (Å²) in [6, 6.07) is 20.7. The molecule has 0 bridgehead atoms. The normalized spacial score (nSPS) is 12.4. The highest BCUT2D eigenvalue weighted by molar-refractivity contribution is 6.92. The first kappa shape index (κ1) is 16.0. The molecule has 0 aliphatic heterocycles. The van der Waals surface area contributed by atoms with Gasteiger partial charge >= 0.3 is 8.56 Å². The quantitative estimate of drug-likeness (QED) is 0.790. The van der Waals surface area contributed by atoms with Crippen LogP contribution >= 0.6 is 0 Å². The van der Waals surface area contributed by atoms with Crippen molar-refractivity contribution in [3.8, 4) is 0 Å². The van der Waals surface area contributed by atoms with Gasteiger partial charge < -0.3 is 8.85 Å². The van der Waals surface area contributed by atoms with Crippen LogP contribution in [0, 0.1) is 0 Å². The van der Waals surface area contributed by atoms with Crippen molar-refractivity contribution in [3.05, 3.63) is 60.7 Å². The Morgan fingerprint density at radius 1 is 0.810 bits per heavy atom. The molecule has 0 amide bonds. The van der Waals surface area contributed by atoms with E-state index >= 15 is 0 Å². The average Bonchev–Trinajstić information content (AvgIpc) is 2.47. The largest absolute Gasteiger partial charge is 0.407 e. The van der Waals surface area contributed by atoms with Crippen LogP contribution in [0.3, 0.4) is 0 Å². The Balaban J connectivity index is 2.60. The van der Waals surface area contributed by atoms with Gasteiger partial charge in [0.2, 0.25) is 0 Å². The minimum Gasteiger partial charge on any atom is -0.388 e. The van der Waals surface area contributed by atoms with Crippen molar-refractivity contribution >= 4 is 18.9 Å². The Morgan fingerprint density at radius 2 is 1.24 bits per heavy atom. The zero-order valence-corrected chi connectivity index (χ0v) is 14.3. The number of hydrogen-bond donors (Lipinski definition) is 0. The Kier molecular flexibility index (Phi) is 4.98. The van der Waals surface area contributed by atoms with Gasteiger partial charge in [0.15, 0.2) is 0 Å². The predicted octanol–water partition coefficient (Wildman–Crippen LogP) is 3.09.